The molecule has 1 heterocycles. The fraction of sp³-hybridized carbons (Fsp3) is 0.296. The van der Waals surface area contributed by atoms with Gasteiger partial charge < -0.3 is 10.6 Å². The molecule has 2 fully saturated rings. The van der Waals surface area contributed by atoms with Gasteiger partial charge in [-0.2, -0.15) is 0 Å². The van der Waals surface area contributed by atoms with Gasteiger partial charge in [0.05, 0.1) is 6.04 Å². The highest BCUT2D eigenvalue weighted by molar-refractivity contribution is 6.04. The van der Waals surface area contributed by atoms with Crippen LogP contribution in [0.15, 0.2) is 72.8 Å². The molecule has 31 heavy (non-hydrogen) atoms. The van der Waals surface area contributed by atoms with Gasteiger partial charge in [-0.05, 0) is 96.5 Å². The molecule has 0 unspecified atom stereocenters. The molecule has 2 bridgehead atoms. The van der Waals surface area contributed by atoms with Crippen LogP contribution in [0.1, 0.15) is 52.7 Å². The Hall–Kier alpha value is -3.14. The minimum Gasteiger partial charge on any atom is -0.378 e. The number of hydrogen-bond acceptors (Lipinski definition) is 2. The lowest BCUT2D eigenvalue weighted by atomic mass is 9.68. The number of nitrogens with one attached hydrogen (secondary N) is 2. The molecule has 1 amide bonds. The topological polar surface area (TPSA) is 41.1 Å². The summed E-state index contributed by atoms with van der Waals surface area (Å²) in [5, 5.41) is 6.71. The first kappa shape index (κ1) is 18.6. The first-order chi connectivity index (χ1) is 15.2. The van der Waals surface area contributed by atoms with E-state index in [-0.39, 0.29) is 11.7 Å². The molecule has 3 aliphatic rings. The van der Waals surface area contributed by atoms with Gasteiger partial charge in [-0.15, -0.1) is 0 Å². The fourth-order valence-electron chi connectivity index (χ4n) is 6.35. The van der Waals surface area contributed by atoms with Gasteiger partial charge in [0.25, 0.3) is 5.91 Å². The molecule has 2 saturated carbocycles. The van der Waals surface area contributed by atoms with Crippen LogP contribution in [-0.2, 0) is 0 Å². The maximum Gasteiger partial charge on any atom is 0.255 e. The molecular weight excluding hydrogens is 387 g/mol. The van der Waals surface area contributed by atoms with Crippen LogP contribution in [-0.4, -0.2) is 5.91 Å². The van der Waals surface area contributed by atoms with Crippen molar-refractivity contribution < 1.29 is 9.18 Å². The fourth-order valence-corrected chi connectivity index (χ4v) is 6.35. The van der Waals surface area contributed by atoms with Crippen LogP contribution in [0.5, 0.6) is 0 Å². The molecule has 6 rings (SSSR count). The Bertz CT molecular complexity index is 1130. The highest BCUT2D eigenvalue weighted by Crippen LogP contribution is 2.63. The van der Waals surface area contributed by atoms with Crippen molar-refractivity contribution in [2.45, 2.75) is 31.2 Å². The number of rotatable bonds is 3. The van der Waals surface area contributed by atoms with Crippen LogP contribution in [0.3, 0.4) is 0 Å². The third-order valence-electron chi connectivity index (χ3n) is 7.61. The number of halogens is 1. The maximum absolute atomic E-state index is 13.2. The number of hydrogen-bond donors (Lipinski definition) is 2. The predicted octanol–water partition coefficient (Wildman–Crippen LogP) is 6.37. The summed E-state index contributed by atoms with van der Waals surface area (Å²) in [6.07, 6.45) is 3.90. The summed E-state index contributed by atoms with van der Waals surface area (Å²) >= 11 is 0. The summed E-state index contributed by atoms with van der Waals surface area (Å²) in [6, 6.07) is 23.0. The van der Waals surface area contributed by atoms with Crippen molar-refractivity contribution in [1.29, 1.82) is 0 Å². The van der Waals surface area contributed by atoms with Gasteiger partial charge >= 0.3 is 0 Å². The van der Waals surface area contributed by atoms with Crippen molar-refractivity contribution in [1.82, 2.24) is 0 Å². The third-order valence-corrected chi connectivity index (χ3v) is 7.61. The van der Waals surface area contributed by atoms with Gasteiger partial charge in [0, 0.05) is 16.9 Å². The summed E-state index contributed by atoms with van der Waals surface area (Å²) in [7, 11) is 0. The van der Waals surface area contributed by atoms with E-state index in [1.54, 1.807) is 12.1 Å². The van der Waals surface area contributed by atoms with Crippen molar-refractivity contribution in [2.75, 3.05) is 10.6 Å². The molecule has 0 aromatic heterocycles. The SMILES string of the molecule is O=C(Nc1ccc(F)cc1)c1ccc2c(c1)[C@H]1[C@H]3CC[C@H](C3)[C@@H]1[C@@H](c1ccccc1)N2. The van der Waals surface area contributed by atoms with Gasteiger partial charge in [0.1, 0.15) is 5.82 Å². The van der Waals surface area contributed by atoms with E-state index in [2.05, 4.69) is 53.1 Å². The van der Waals surface area contributed by atoms with Crippen LogP contribution < -0.4 is 10.6 Å². The van der Waals surface area contributed by atoms with Crippen LogP contribution in [0.25, 0.3) is 0 Å². The van der Waals surface area contributed by atoms with E-state index < -0.39 is 0 Å². The van der Waals surface area contributed by atoms with Gasteiger partial charge in [0.2, 0.25) is 0 Å². The number of benzene rings is 3. The molecule has 0 spiro atoms. The molecular formula is C27H25FN2O. The van der Waals surface area contributed by atoms with Crippen LogP contribution in [0, 0.1) is 23.6 Å². The molecule has 1 aliphatic heterocycles. The molecule has 3 aromatic carbocycles. The van der Waals surface area contributed by atoms with Gasteiger partial charge in [-0.3, -0.25) is 4.79 Å². The number of fused-ring (bicyclic) bond motifs is 7. The molecule has 5 atom stereocenters. The van der Waals surface area contributed by atoms with Crippen LogP contribution in [0.2, 0.25) is 0 Å². The normalized spacial score (nSPS) is 27.8. The smallest absolute Gasteiger partial charge is 0.255 e. The van der Waals surface area contributed by atoms with E-state index in [9.17, 15) is 9.18 Å². The van der Waals surface area contributed by atoms with E-state index >= 15 is 0 Å². The Labute approximate surface area is 181 Å². The van der Waals surface area contributed by atoms with E-state index in [4.69, 9.17) is 0 Å². The standard InChI is InChI=1S/C27H25FN2O/c28-20-9-11-21(12-10-20)29-27(31)19-8-13-23-22(15-19)24-17-6-7-18(14-17)25(24)26(30-23)16-4-2-1-3-5-16/h1-5,8-13,15,17-18,24-26,30H,6-7,14H2,(H,29,31)/t17-,18+,24+,25-,26+/m0/s1. The van der Waals surface area contributed by atoms with Gasteiger partial charge in [-0.25, -0.2) is 4.39 Å². The lowest BCUT2D eigenvalue weighted by molar-refractivity contribution is 0.102. The van der Waals surface area contributed by atoms with Crippen molar-refractivity contribution in [3.63, 3.8) is 0 Å². The maximum atomic E-state index is 13.2. The Morgan fingerprint density at radius 3 is 2.52 bits per heavy atom. The second-order valence-electron chi connectivity index (χ2n) is 9.23. The molecule has 3 aromatic rings. The summed E-state index contributed by atoms with van der Waals surface area (Å²) in [4.78, 5) is 12.9. The highest BCUT2D eigenvalue weighted by Gasteiger charge is 2.53. The second-order valence-corrected chi connectivity index (χ2v) is 9.23. The van der Waals surface area contributed by atoms with E-state index in [0.29, 0.717) is 35.0 Å². The Morgan fingerprint density at radius 1 is 0.935 bits per heavy atom. The minimum absolute atomic E-state index is 0.153. The molecule has 2 N–H and O–H groups in total. The zero-order chi connectivity index (χ0) is 20.9. The average molecular weight is 413 g/mol. The summed E-state index contributed by atoms with van der Waals surface area (Å²) in [6.45, 7) is 0. The van der Waals surface area contributed by atoms with Gasteiger partial charge in [-0.1, -0.05) is 30.3 Å². The lowest BCUT2D eigenvalue weighted by Crippen LogP contribution is -2.35. The summed E-state index contributed by atoms with van der Waals surface area (Å²) in [5.74, 6) is 2.06. The molecule has 0 saturated heterocycles. The molecule has 156 valence electrons. The Morgan fingerprint density at radius 2 is 1.71 bits per heavy atom. The van der Waals surface area contributed by atoms with Crippen LogP contribution >= 0.6 is 0 Å². The highest BCUT2D eigenvalue weighted by atomic mass is 19.1. The molecule has 3 nitrogen and oxygen atoms in total. The Kier molecular flexibility index (Phi) is 4.34. The first-order valence-electron chi connectivity index (χ1n) is 11.2. The number of amides is 1. The zero-order valence-electron chi connectivity index (χ0n) is 17.2. The second kappa shape index (κ2) is 7.23. The number of carbonyl (C=O) groups is 1. The molecule has 4 heteroatoms. The van der Waals surface area contributed by atoms with Crippen molar-refractivity contribution in [3.05, 3.63) is 95.3 Å². The Balaban J connectivity index is 1.34. The van der Waals surface area contributed by atoms with Gasteiger partial charge in [0.15, 0.2) is 0 Å². The minimum atomic E-state index is -0.312. The molecule has 0 radical (unpaired) electrons. The quantitative estimate of drug-likeness (QED) is 0.524. The van der Waals surface area contributed by atoms with Crippen molar-refractivity contribution in [3.8, 4) is 0 Å². The number of carbonyl (C=O) groups excluding carboxylic acids is 1. The first-order valence-corrected chi connectivity index (χ1v) is 11.2. The van der Waals surface area contributed by atoms with Crippen LogP contribution in [0.4, 0.5) is 15.8 Å². The third kappa shape index (κ3) is 3.13. The average Bonchev–Trinajstić information content (AvgIpc) is 3.43. The monoisotopic (exact) mass is 412 g/mol. The summed E-state index contributed by atoms with van der Waals surface area (Å²) in [5.41, 5.74) is 5.06. The lowest BCUT2D eigenvalue weighted by Gasteiger charge is -2.43. The largest absolute Gasteiger partial charge is 0.378 e. The zero-order valence-corrected chi connectivity index (χ0v) is 17.2. The molecule has 2 aliphatic carbocycles. The summed E-state index contributed by atoms with van der Waals surface area (Å²) < 4.78 is 13.2. The predicted molar refractivity (Wildman–Crippen MR) is 121 cm³/mol. The van der Waals surface area contributed by atoms with E-state index in [1.807, 2.05) is 6.07 Å². The van der Waals surface area contributed by atoms with E-state index in [1.165, 1.54) is 42.5 Å². The van der Waals surface area contributed by atoms with Crippen molar-refractivity contribution in [2.24, 2.45) is 17.8 Å². The van der Waals surface area contributed by atoms with Crippen molar-refractivity contribution >= 4 is 17.3 Å². The van der Waals surface area contributed by atoms with E-state index in [0.717, 1.165) is 11.6 Å². The number of anilines is 2.